The second-order valence-corrected chi connectivity index (χ2v) is 4.98. The van der Waals surface area contributed by atoms with Crippen LogP contribution in [0, 0.1) is 22.9 Å². The number of thiocarbonyl (C=S) groups is 1. The first kappa shape index (κ1) is 15.8. The molecule has 0 unspecified atom stereocenters. The maximum Gasteiger partial charge on any atom is 0.305 e. The van der Waals surface area contributed by atoms with E-state index in [4.69, 9.17) is 17.0 Å². The predicted molar refractivity (Wildman–Crippen MR) is 85.2 cm³/mol. The van der Waals surface area contributed by atoms with Crippen molar-refractivity contribution in [3.05, 3.63) is 69.5 Å². The zero-order valence-electron chi connectivity index (χ0n) is 11.7. The lowest BCUT2D eigenvalue weighted by Crippen LogP contribution is -2.13. The lowest BCUT2D eigenvalue weighted by atomic mass is 10.2. The van der Waals surface area contributed by atoms with Crippen LogP contribution in [-0.2, 0) is 11.3 Å². The molecule has 7 heteroatoms. The van der Waals surface area contributed by atoms with Crippen molar-refractivity contribution in [2.45, 2.75) is 13.5 Å². The molecule has 114 valence electrons. The Morgan fingerprint density at radius 1 is 1.32 bits per heavy atom. The largest absolute Gasteiger partial charge is 0.466 e. The second-order valence-electron chi connectivity index (χ2n) is 4.61. The van der Waals surface area contributed by atoms with Gasteiger partial charge in [0.05, 0.1) is 4.92 Å². The molecule has 0 saturated heterocycles. The number of aryl methyl sites for hydroxylation is 1. The van der Waals surface area contributed by atoms with E-state index in [-0.39, 0.29) is 11.8 Å². The summed E-state index contributed by atoms with van der Waals surface area (Å²) >= 11 is 5.04. The molecule has 0 bridgehead atoms. The van der Waals surface area contributed by atoms with Gasteiger partial charge in [-0.1, -0.05) is 23.8 Å². The molecule has 0 saturated carbocycles. The van der Waals surface area contributed by atoms with E-state index < -0.39 is 16.4 Å². The average molecular weight is 320 g/mol. The fraction of sp³-hybridized carbons (Fsp3) is 0.133. The van der Waals surface area contributed by atoms with Crippen LogP contribution in [0.25, 0.3) is 0 Å². The van der Waals surface area contributed by atoms with Crippen molar-refractivity contribution < 1.29 is 14.1 Å². The van der Waals surface area contributed by atoms with Gasteiger partial charge in [0.1, 0.15) is 6.61 Å². The first-order valence-electron chi connectivity index (χ1n) is 6.39. The second kappa shape index (κ2) is 6.95. The molecular weight excluding hydrogens is 307 g/mol. The number of benzene rings is 2. The van der Waals surface area contributed by atoms with Crippen LogP contribution in [0.4, 0.5) is 15.8 Å². The Bertz CT molecular complexity index is 704. The minimum Gasteiger partial charge on any atom is -0.466 e. The van der Waals surface area contributed by atoms with Gasteiger partial charge in [-0.2, -0.15) is 4.39 Å². The smallest absolute Gasteiger partial charge is 0.305 e. The highest BCUT2D eigenvalue weighted by molar-refractivity contribution is 7.80. The lowest BCUT2D eigenvalue weighted by molar-refractivity contribution is -0.387. The number of hydrogen-bond donors (Lipinski definition) is 1. The summed E-state index contributed by atoms with van der Waals surface area (Å²) in [5.41, 5.74) is 1.77. The Morgan fingerprint density at radius 2 is 2.00 bits per heavy atom. The van der Waals surface area contributed by atoms with Crippen molar-refractivity contribution in [2.24, 2.45) is 0 Å². The fourth-order valence-corrected chi connectivity index (χ4v) is 1.90. The van der Waals surface area contributed by atoms with Crippen molar-refractivity contribution in [1.29, 1.82) is 0 Å². The van der Waals surface area contributed by atoms with Crippen molar-refractivity contribution in [3.63, 3.8) is 0 Å². The molecule has 0 aliphatic heterocycles. The van der Waals surface area contributed by atoms with Crippen molar-refractivity contribution in [1.82, 2.24) is 0 Å². The summed E-state index contributed by atoms with van der Waals surface area (Å²) in [5, 5.41) is 13.7. The number of halogens is 1. The van der Waals surface area contributed by atoms with Crippen LogP contribution >= 0.6 is 12.2 Å². The summed E-state index contributed by atoms with van der Waals surface area (Å²) in [6, 6.07) is 11.1. The van der Waals surface area contributed by atoms with Gasteiger partial charge in [0.15, 0.2) is 0 Å². The van der Waals surface area contributed by atoms with Crippen LogP contribution in [-0.4, -0.2) is 10.1 Å². The van der Waals surface area contributed by atoms with Gasteiger partial charge < -0.3 is 10.1 Å². The quantitative estimate of drug-likeness (QED) is 0.525. The van der Waals surface area contributed by atoms with E-state index in [9.17, 15) is 14.5 Å². The Hall–Kier alpha value is -2.54. The molecule has 22 heavy (non-hydrogen) atoms. The summed E-state index contributed by atoms with van der Waals surface area (Å²) in [6.45, 7) is 1.98. The summed E-state index contributed by atoms with van der Waals surface area (Å²) in [7, 11) is 0. The summed E-state index contributed by atoms with van der Waals surface area (Å²) in [6.07, 6.45) is 0. The summed E-state index contributed by atoms with van der Waals surface area (Å²) in [4.78, 5) is 9.89. The van der Waals surface area contributed by atoms with E-state index >= 15 is 0 Å². The Balaban J connectivity index is 1.95. The van der Waals surface area contributed by atoms with Gasteiger partial charge in [-0.25, -0.2) is 0 Å². The molecule has 2 aromatic rings. The van der Waals surface area contributed by atoms with Crippen LogP contribution in [0.15, 0.2) is 42.5 Å². The van der Waals surface area contributed by atoms with Crippen LogP contribution < -0.4 is 5.32 Å². The molecule has 2 aromatic carbocycles. The average Bonchev–Trinajstić information content (AvgIpc) is 2.48. The topological polar surface area (TPSA) is 64.4 Å². The SMILES string of the molecule is Cc1ccc(NC(=S)OCc2ccc(F)c([N+](=O)[O-])c2)cc1. The van der Waals surface area contributed by atoms with Crippen molar-refractivity contribution >= 4 is 28.8 Å². The molecule has 0 heterocycles. The van der Waals surface area contributed by atoms with Crippen LogP contribution in [0.3, 0.4) is 0 Å². The molecule has 0 amide bonds. The van der Waals surface area contributed by atoms with Gasteiger partial charge in [0, 0.05) is 11.8 Å². The number of hydrogen-bond acceptors (Lipinski definition) is 4. The number of nitro benzene ring substituents is 1. The molecule has 0 fully saturated rings. The minimum atomic E-state index is -0.880. The first-order valence-corrected chi connectivity index (χ1v) is 6.80. The number of nitrogens with zero attached hydrogens (tertiary/aromatic N) is 1. The van der Waals surface area contributed by atoms with Gasteiger partial charge in [0.2, 0.25) is 5.82 Å². The van der Waals surface area contributed by atoms with E-state index in [1.54, 1.807) is 0 Å². The molecule has 0 radical (unpaired) electrons. The molecule has 2 rings (SSSR count). The Morgan fingerprint density at radius 3 is 2.64 bits per heavy atom. The predicted octanol–water partition coefficient (Wildman–Crippen LogP) is 3.96. The third kappa shape index (κ3) is 4.23. The highest BCUT2D eigenvalue weighted by Gasteiger charge is 2.14. The highest BCUT2D eigenvalue weighted by Crippen LogP contribution is 2.19. The molecule has 0 spiro atoms. The van der Waals surface area contributed by atoms with E-state index in [1.807, 2.05) is 31.2 Å². The first-order chi connectivity index (χ1) is 10.5. The monoisotopic (exact) mass is 320 g/mol. The lowest BCUT2D eigenvalue weighted by Gasteiger charge is -2.10. The Labute approximate surface area is 131 Å². The maximum atomic E-state index is 13.2. The molecule has 0 aliphatic rings. The van der Waals surface area contributed by atoms with Gasteiger partial charge in [-0.15, -0.1) is 0 Å². The van der Waals surface area contributed by atoms with Gasteiger partial charge in [-0.3, -0.25) is 10.1 Å². The van der Waals surface area contributed by atoms with Crippen molar-refractivity contribution in [3.8, 4) is 0 Å². The maximum absolute atomic E-state index is 13.2. The minimum absolute atomic E-state index is 0.0127. The number of ether oxygens (including phenoxy) is 1. The standard InChI is InChI=1S/C15H13FN2O3S/c1-10-2-5-12(6-3-10)17-15(22)21-9-11-4-7-13(16)14(8-11)18(19)20/h2-8H,9H2,1H3,(H,17,22). The number of rotatable bonds is 4. The van der Waals surface area contributed by atoms with Gasteiger partial charge >= 0.3 is 5.69 Å². The van der Waals surface area contributed by atoms with E-state index in [2.05, 4.69) is 5.32 Å². The van der Waals surface area contributed by atoms with E-state index in [1.165, 1.54) is 6.07 Å². The zero-order chi connectivity index (χ0) is 16.1. The van der Waals surface area contributed by atoms with Gasteiger partial charge in [-0.05, 0) is 42.9 Å². The zero-order valence-corrected chi connectivity index (χ0v) is 12.5. The summed E-state index contributed by atoms with van der Waals surface area (Å²) in [5.74, 6) is -0.880. The Kier molecular flexibility index (Phi) is 5.00. The fourth-order valence-electron chi connectivity index (χ4n) is 1.73. The third-order valence-electron chi connectivity index (χ3n) is 2.88. The highest BCUT2D eigenvalue weighted by atomic mass is 32.1. The molecule has 0 aromatic heterocycles. The van der Waals surface area contributed by atoms with Crippen LogP contribution in [0.5, 0.6) is 0 Å². The number of nitrogens with one attached hydrogen (secondary N) is 1. The molecule has 1 N–H and O–H groups in total. The van der Waals surface area contributed by atoms with Crippen LogP contribution in [0.2, 0.25) is 0 Å². The molecule has 0 atom stereocenters. The van der Waals surface area contributed by atoms with E-state index in [0.717, 1.165) is 23.4 Å². The third-order valence-corrected chi connectivity index (χ3v) is 3.10. The van der Waals surface area contributed by atoms with Crippen LogP contribution in [0.1, 0.15) is 11.1 Å². The van der Waals surface area contributed by atoms with Crippen molar-refractivity contribution in [2.75, 3.05) is 5.32 Å². The number of nitro groups is 1. The summed E-state index contributed by atoms with van der Waals surface area (Å²) < 4.78 is 18.5. The molecular formula is C15H13FN2O3S. The molecule has 0 aliphatic carbocycles. The number of anilines is 1. The molecule has 5 nitrogen and oxygen atoms in total. The normalized spacial score (nSPS) is 10.1. The van der Waals surface area contributed by atoms with Gasteiger partial charge in [0.25, 0.3) is 5.17 Å². The van der Waals surface area contributed by atoms with E-state index in [0.29, 0.717) is 5.56 Å².